The number of aromatic nitrogens is 1. The van der Waals surface area contributed by atoms with E-state index in [2.05, 4.69) is 11.1 Å². The molecule has 1 atom stereocenters. The average Bonchev–Trinajstić information content (AvgIpc) is 3.19. The van der Waals surface area contributed by atoms with Crippen LogP contribution in [0.1, 0.15) is 46.3 Å². The minimum Gasteiger partial charge on any atom is -0.496 e. The molecule has 0 radical (unpaired) electrons. The molecule has 0 bridgehead atoms. The van der Waals surface area contributed by atoms with Gasteiger partial charge >= 0.3 is 0 Å². The molecule has 1 aliphatic heterocycles. The fourth-order valence-electron chi connectivity index (χ4n) is 4.06. The average molecular weight is 366 g/mol. The van der Waals surface area contributed by atoms with Crippen molar-refractivity contribution in [2.75, 3.05) is 20.2 Å². The molecule has 1 aromatic carbocycles. The SMILES string of the molecule is COc1cc2c(cc1C(=O)N1CCCC(OCc3cccnc3)C1)CCC2. The van der Waals surface area contributed by atoms with Gasteiger partial charge in [-0.2, -0.15) is 0 Å². The highest BCUT2D eigenvalue weighted by atomic mass is 16.5. The van der Waals surface area contributed by atoms with Gasteiger partial charge in [0.1, 0.15) is 5.75 Å². The van der Waals surface area contributed by atoms with Crippen molar-refractivity contribution in [3.05, 3.63) is 58.9 Å². The Hall–Kier alpha value is -2.40. The van der Waals surface area contributed by atoms with Crippen molar-refractivity contribution in [1.29, 1.82) is 0 Å². The lowest BCUT2D eigenvalue weighted by atomic mass is 10.0. The summed E-state index contributed by atoms with van der Waals surface area (Å²) in [6.07, 6.45) is 8.86. The molecule has 0 N–H and O–H groups in total. The lowest BCUT2D eigenvalue weighted by molar-refractivity contribution is -0.00689. The predicted octanol–water partition coefficient (Wildman–Crippen LogP) is 3.40. The first kappa shape index (κ1) is 18.0. The van der Waals surface area contributed by atoms with Crippen molar-refractivity contribution >= 4 is 5.91 Å². The number of amides is 1. The van der Waals surface area contributed by atoms with Gasteiger partial charge in [0.25, 0.3) is 5.91 Å². The van der Waals surface area contributed by atoms with E-state index >= 15 is 0 Å². The van der Waals surface area contributed by atoms with E-state index in [0.717, 1.165) is 44.2 Å². The van der Waals surface area contributed by atoms with Gasteiger partial charge in [0.15, 0.2) is 0 Å². The number of benzene rings is 1. The highest BCUT2D eigenvalue weighted by Gasteiger charge is 2.28. The number of ether oxygens (including phenoxy) is 2. The number of hydrogen-bond acceptors (Lipinski definition) is 4. The Balaban J connectivity index is 1.44. The van der Waals surface area contributed by atoms with Crippen LogP contribution >= 0.6 is 0 Å². The Morgan fingerprint density at radius 1 is 1.26 bits per heavy atom. The van der Waals surface area contributed by atoms with E-state index in [1.54, 1.807) is 13.3 Å². The number of nitrogens with zero attached hydrogens (tertiary/aromatic N) is 2. The maximum absolute atomic E-state index is 13.2. The Labute approximate surface area is 160 Å². The van der Waals surface area contributed by atoms with Crippen molar-refractivity contribution in [2.24, 2.45) is 0 Å². The molecule has 2 aliphatic rings. The van der Waals surface area contributed by atoms with Crippen molar-refractivity contribution in [3.8, 4) is 5.75 Å². The number of piperidine rings is 1. The molecule has 1 amide bonds. The van der Waals surface area contributed by atoms with Crippen molar-refractivity contribution in [2.45, 2.75) is 44.8 Å². The first-order valence-corrected chi connectivity index (χ1v) is 9.74. The van der Waals surface area contributed by atoms with Gasteiger partial charge < -0.3 is 14.4 Å². The van der Waals surface area contributed by atoms with Crippen LogP contribution in [-0.2, 0) is 24.2 Å². The van der Waals surface area contributed by atoms with Crippen LogP contribution in [0.25, 0.3) is 0 Å². The molecular weight excluding hydrogens is 340 g/mol. The largest absolute Gasteiger partial charge is 0.496 e. The van der Waals surface area contributed by atoms with Crippen LogP contribution in [0, 0.1) is 0 Å². The van der Waals surface area contributed by atoms with Crippen LogP contribution in [0.3, 0.4) is 0 Å². The lowest BCUT2D eigenvalue weighted by Gasteiger charge is -2.33. The van der Waals surface area contributed by atoms with E-state index < -0.39 is 0 Å². The summed E-state index contributed by atoms with van der Waals surface area (Å²) in [4.78, 5) is 19.2. The van der Waals surface area contributed by atoms with Gasteiger partial charge in [0.05, 0.1) is 25.4 Å². The number of pyridine rings is 1. The smallest absolute Gasteiger partial charge is 0.257 e. The first-order chi connectivity index (χ1) is 13.2. The molecular formula is C22H26N2O3. The van der Waals surface area contributed by atoms with Crippen LogP contribution < -0.4 is 4.74 Å². The second-order valence-corrected chi connectivity index (χ2v) is 7.36. The molecule has 2 heterocycles. The number of likely N-dealkylation sites (tertiary alicyclic amines) is 1. The maximum atomic E-state index is 13.2. The van der Waals surface area contributed by atoms with Gasteiger partial charge in [0, 0.05) is 25.5 Å². The molecule has 27 heavy (non-hydrogen) atoms. The molecule has 1 saturated heterocycles. The third kappa shape index (κ3) is 3.98. The second kappa shape index (κ2) is 8.09. The molecule has 2 aromatic rings. The molecule has 5 nitrogen and oxygen atoms in total. The van der Waals surface area contributed by atoms with E-state index in [0.29, 0.717) is 24.5 Å². The fraction of sp³-hybridized carbons (Fsp3) is 0.455. The molecule has 0 spiro atoms. The standard InChI is InChI=1S/C22H26N2O3/c1-26-21-12-18-7-2-6-17(18)11-20(21)22(25)24-10-4-8-19(14-24)27-15-16-5-3-9-23-13-16/h3,5,9,11-13,19H,2,4,6-8,10,14-15H2,1H3. The highest BCUT2D eigenvalue weighted by molar-refractivity contribution is 5.97. The number of hydrogen-bond donors (Lipinski definition) is 0. The van der Waals surface area contributed by atoms with Gasteiger partial charge in [-0.3, -0.25) is 9.78 Å². The molecule has 1 aromatic heterocycles. The lowest BCUT2D eigenvalue weighted by Crippen LogP contribution is -2.43. The zero-order chi connectivity index (χ0) is 18.6. The van der Waals surface area contributed by atoms with Crippen LogP contribution in [0.2, 0.25) is 0 Å². The van der Waals surface area contributed by atoms with Crippen LogP contribution in [0.15, 0.2) is 36.7 Å². The Kier molecular flexibility index (Phi) is 5.39. The summed E-state index contributed by atoms with van der Waals surface area (Å²) >= 11 is 0. The van der Waals surface area contributed by atoms with Crippen molar-refractivity contribution in [1.82, 2.24) is 9.88 Å². The van der Waals surface area contributed by atoms with Gasteiger partial charge in [0.2, 0.25) is 0 Å². The van der Waals surface area contributed by atoms with Gasteiger partial charge in [-0.15, -0.1) is 0 Å². The first-order valence-electron chi connectivity index (χ1n) is 9.74. The molecule has 0 saturated carbocycles. The van der Waals surface area contributed by atoms with E-state index in [1.165, 1.54) is 11.1 Å². The normalized spacial score (nSPS) is 19.0. The van der Waals surface area contributed by atoms with Crippen molar-refractivity contribution < 1.29 is 14.3 Å². The van der Waals surface area contributed by atoms with Crippen molar-refractivity contribution in [3.63, 3.8) is 0 Å². The van der Waals surface area contributed by atoms with E-state index in [-0.39, 0.29) is 12.0 Å². The number of rotatable bonds is 5. The summed E-state index contributed by atoms with van der Waals surface area (Å²) in [7, 11) is 1.64. The number of aryl methyl sites for hydroxylation is 2. The summed E-state index contributed by atoms with van der Waals surface area (Å²) in [5.41, 5.74) is 4.35. The predicted molar refractivity (Wildman–Crippen MR) is 103 cm³/mol. The van der Waals surface area contributed by atoms with E-state index in [4.69, 9.17) is 9.47 Å². The topological polar surface area (TPSA) is 51.7 Å². The number of carbonyl (C=O) groups excluding carboxylic acids is 1. The van der Waals surface area contributed by atoms with Gasteiger partial charge in [-0.1, -0.05) is 6.07 Å². The monoisotopic (exact) mass is 366 g/mol. The van der Waals surface area contributed by atoms with Crippen LogP contribution in [0.5, 0.6) is 5.75 Å². The Bertz CT molecular complexity index is 807. The minimum absolute atomic E-state index is 0.0521. The van der Waals surface area contributed by atoms with Gasteiger partial charge in [-0.25, -0.2) is 0 Å². The Morgan fingerprint density at radius 3 is 2.89 bits per heavy atom. The molecule has 4 rings (SSSR count). The second-order valence-electron chi connectivity index (χ2n) is 7.36. The summed E-state index contributed by atoms with van der Waals surface area (Å²) < 4.78 is 11.6. The quantitative estimate of drug-likeness (QED) is 0.814. The third-order valence-corrected chi connectivity index (χ3v) is 5.52. The fourth-order valence-corrected chi connectivity index (χ4v) is 4.06. The summed E-state index contributed by atoms with van der Waals surface area (Å²) in [5.74, 6) is 0.746. The zero-order valence-electron chi connectivity index (χ0n) is 15.8. The van der Waals surface area contributed by atoms with Gasteiger partial charge in [-0.05, 0) is 67.0 Å². The molecule has 1 fully saturated rings. The third-order valence-electron chi connectivity index (χ3n) is 5.52. The van der Waals surface area contributed by atoms with E-state index in [9.17, 15) is 4.79 Å². The molecule has 1 aliphatic carbocycles. The number of methoxy groups -OCH3 is 1. The highest BCUT2D eigenvalue weighted by Crippen LogP contribution is 2.31. The molecule has 142 valence electrons. The minimum atomic E-state index is 0.0521. The number of carbonyl (C=O) groups is 1. The molecule has 5 heteroatoms. The van der Waals surface area contributed by atoms with Crippen LogP contribution in [-0.4, -0.2) is 42.1 Å². The number of fused-ring (bicyclic) bond motifs is 1. The maximum Gasteiger partial charge on any atom is 0.257 e. The summed E-state index contributed by atoms with van der Waals surface area (Å²) in [6.45, 7) is 1.92. The summed E-state index contributed by atoms with van der Waals surface area (Å²) in [5, 5.41) is 0. The molecule has 1 unspecified atom stereocenters. The summed E-state index contributed by atoms with van der Waals surface area (Å²) in [6, 6.07) is 8.02. The van der Waals surface area contributed by atoms with Crippen LogP contribution in [0.4, 0.5) is 0 Å². The Morgan fingerprint density at radius 2 is 2.11 bits per heavy atom. The van der Waals surface area contributed by atoms with E-state index in [1.807, 2.05) is 29.3 Å². The zero-order valence-corrected chi connectivity index (χ0v) is 15.8.